The summed E-state index contributed by atoms with van der Waals surface area (Å²) < 4.78 is 11.3. The van der Waals surface area contributed by atoms with Crippen LogP contribution in [0.2, 0.25) is 0 Å². The van der Waals surface area contributed by atoms with Gasteiger partial charge in [-0.05, 0) is 38.7 Å². The number of carbonyl (C=O) groups is 1. The van der Waals surface area contributed by atoms with Crippen molar-refractivity contribution in [1.82, 2.24) is 4.90 Å². The summed E-state index contributed by atoms with van der Waals surface area (Å²) in [6.07, 6.45) is -0.326. The Hall–Kier alpha value is -2.04. The molecule has 2 rings (SSSR count). The number of likely N-dealkylation sites (N-methyl/N-ethyl adjacent to an activating group) is 1. The second-order valence-electron chi connectivity index (χ2n) is 5.50. The van der Waals surface area contributed by atoms with Crippen LogP contribution in [-0.4, -0.2) is 38.1 Å². The minimum atomic E-state index is -0.371. The third-order valence-corrected chi connectivity index (χ3v) is 3.36. The molecule has 0 saturated heterocycles. The Morgan fingerprint density at radius 3 is 2.29 bits per heavy atom. The molecule has 0 saturated carbocycles. The van der Waals surface area contributed by atoms with Crippen LogP contribution in [0.1, 0.15) is 28.9 Å². The number of carbonyl (C=O) groups excluding carboxylic acids is 1. The maximum atomic E-state index is 12.6. The highest BCUT2D eigenvalue weighted by Gasteiger charge is 2.21. The lowest BCUT2D eigenvalue weighted by molar-refractivity contribution is 0.0232. The van der Waals surface area contributed by atoms with E-state index in [9.17, 15) is 4.79 Å². The van der Waals surface area contributed by atoms with E-state index in [0.717, 1.165) is 5.56 Å². The lowest BCUT2D eigenvalue weighted by Crippen LogP contribution is -2.24. The van der Waals surface area contributed by atoms with Gasteiger partial charge in [0.1, 0.15) is 17.4 Å². The molecule has 0 bridgehead atoms. The van der Waals surface area contributed by atoms with Gasteiger partial charge in [-0.25, -0.2) is 4.79 Å². The molecule has 130 valence electrons. The van der Waals surface area contributed by atoms with Crippen LogP contribution in [0.3, 0.4) is 0 Å². The summed E-state index contributed by atoms with van der Waals surface area (Å²) in [6.45, 7) is 3.01. The topological polar surface area (TPSA) is 38.8 Å². The number of halogens is 1. The van der Waals surface area contributed by atoms with Crippen molar-refractivity contribution in [1.29, 1.82) is 0 Å². The molecule has 0 aliphatic carbocycles. The molecule has 5 heteroatoms. The maximum absolute atomic E-state index is 12.6. The molecule has 0 amide bonds. The van der Waals surface area contributed by atoms with Crippen LogP contribution in [0, 0.1) is 0 Å². The molecule has 0 heterocycles. The van der Waals surface area contributed by atoms with E-state index in [-0.39, 0.29) is 24.5 Å². The second-order valence-corrected chi connectivity index (χ2v) is 5.50. The molecule has 0 radical (unpaired) electrons. The number of hydrogen-bond acceptors (Lipinski definition) is 4. The Balaban J connectivity index is 0.00000288. The summed E-state index contributed by atoms with van der Waals surface area (Å²) in [7, 11) is 3.91. The Morgan fingerprint density at radius 1 is 1.04 bits per heavy atom. The Labute approximate surface area is 149 Å². The van der Waals surface area contributed by atoms with Gasteiger partial charge in [-0.1, -0.05) is 42.5 Å². The molecule has 2 aromatic carbocycles. The molecule has 1 unspecified atom stereocenters. The quantitative estimate of drug-likeness (QED) is 0.709. The van der Waals surface area contributed by atoms with Crippen molar-refractivity contribution in [2.24, 2.45) is 0 Å². The SMILES string of the molecule is CCOc1ccccc1C(=O)OC(CN(C)C)c1ccccc1.Cl. The average Bonchev–Trinajstić information content (AvgIpc) is 2.55. The van der Waals surface area contributed by atoms with Crippen molar-refractivity contribution < 1.29 is 14.3 Å². The molecule has 0 aromatic heterocycles. The number of esters is 1. The molecule has 0 aliphatic heterocycles. The van der Waals surface area contributed by atoms with Gasteiger partial charge in [0.05, 0.1) is 6.61 Å². The molecule has 4 nitrogen and oxygen atoms in total. The predicted octanol–water partition coefficient (Wildman–Crippen LogP) is 3.97. The van der Waals surface area contributed by atoms with Crippen molar-refractivity contribution in [3.05, 3.63) is 65.7 Å². The van der Waals surface area contributed by atoms with Crippen LogP contribution in [0.5, 0.6) is 5.75 Å². The molecular formula is C19H24ClNO3. The van der Waals surface area contributed by atoms with E-state index in [2.05, 4.69) is 0 Å². The maximum Gasteiger partial charge on any atom is 0.342 e. The van der Waals surface area contributed by atoms with Crippen molar-refractivity contribution >= 4 is 18.4 Å². The smallest absolute Gasteiger partial charge is 0.342 e. The Kier molecular flexibility index (Phi) is 8.30. The minimum Gasteiger partial charge on any atom is -0.493 e. The summed E-state index contributed by atoms with van der Waals surface area (Å²) in [5.41, 5.74) is 1.43. The molecule has 0 fully saturated rings. The van der Waals surface area contributed by atoms with E-state index in [4.69, 9.17) is 9.47 Å². The lowest BCUT2D eigenvalue weighted by Gasteiger charge is -2.22. The number of nitrogens with zero attached hydrogens (tertiary/aromatic N) is 1. The first-order valence-corrected chi connectivity index (χ1v) is 7.74. The molecule has 0 N–H and O–H groups in total. The summed E-state index contributed by atoms with van der Waals surface area (Å²) in [5.74, 6) is 0.182. The third kappa shape index (κ3) is 5.55. The molecule has 0 spiro atoms. The molecule has 1 atom stereocenters. The summed E-state index contributed by atoms with van der Waals surface area (Å²) in [5, 5.41) is 0. The summed E-state index contributed by atoms with van der Waals surface area (Å²) in [4.78, 5) is 14.6. The second kappa shape index (κ2) is 9.96. The first-order valence-electron chi connectivity index (χ1n) is 7.74. The van der Waals surface area contributed by atoms with E-state index in [1.807, 2.05) is 68.4 Å². The van der Waals surface area contributed by atoms with Crippen LogP contribution >= 0.6 is 12.4 Å². The van der Waals surface area contributed by atoms with Gasteiger partial charge in [0.25, 0.3) is 0 Å². The summed E-state index contributed by atoms with van der Waals surface area (Å²) >= 11 is 0. The zero-order valence-corrected chi connectivity index (χ0v) is 15.1. The number of rotatable bonds is 7. The number of para-hydroxylation sites is 1. The zero-order valence-electron chi connectivity index (χ0n) is 14.3. The number of ether oxygens (including phenoxy) is 2. The Bertz CT molecular complexity index is 632. The van der Waals surface area contributed by atoms with E-state index in [1.165, 1.54) is 0 Å². The normalized spacial score (nSPS) is 11.5. The average molecular weight is 350 g/mol. The van der Waals surface area contributed by atoms with E-state index in [1.54, 1.807) is 12.1 Å². The van der Waals surface area contributed by atoms with Crippen LogP contribution < -0.4 is 4.74 Å². The highest BCUT2D eigenvalue weighted by atomic mass is 35.5. The van der Waals surface area contributed by atoms with Gasteiger partial charge in [0, 0.05) is 6.54 Å². The molecule has 24 heavy (non-hydrogen) atoms. The van der Waals surface area contributed by atoms with Crippen molar-refractivity contribution in [2.45, 2.75) is 13.0 Å². The molecule has 2 aromatic rings. The van der Waals surface area contributed by atoms with E-state index in [0.29, 0.717) is 24.5 Å². The zero-order chi connectivity index (χ0) is 16.7. The predicted molar refractivity (Wildman–Crippen MR) is 98.0 cm³/mol. The molecular weight excluding hydrogens is 326 g/mol. The van der Waals surface area contributed by atoms with Gasteiger partial charge in [-0.15, -0.1) is 12.4 Å². The van der Waals surface area contributed by atoms with Crippen LogP contribution in [-0.2, 0) is 4.74 Å². The van der Waals surface area contributed by atoms with Gasteiger partial charge in [-0.3, -0.25) is 0 Å². The standard InChI is InChI=1S/C19H23NO3.ClH/c1-4-22-17-13-9-8-12-16(17)19(21)23-18(14-20(2)3)15-10-6-5-7-11-15;/h5-13,18H,4,14H2,1-3H3;1H. The van der Waals surface area contributed by atoms with Crippen molar-refractivity contribution in [3.8, 4) is 5.75 Å². The highest BCUT2D eigenvalue weighted by molar-refractivity contribution is 5.92. The fourth-order valence-electron chi connectivity index (χ4n) is 2.32. The fraction of sp³-hybridized carbons (Fsp3) is 0.316. The first-order chi connectivity index (χ1) is 11.1. The van der Waals surface area contributed by atoms with Crippen molar-refractivity contribution in [3.63, 3.8) is 0 Å². The third-order valence-electron chi connectivity index (χ3n) is 3.36. The first kappa shape index (κ1) is 20.0. The minimum absolute atomic E-state index is 0. The van der Waals surface area contributed by atoms with Gasteiger partial charge in [0.15, 0.2) is 0 Å². The van der Waals surface area contributed by atoms with Gasteiger partial charge in [0.2, 0.25) is 0 Å². The van der Waals surface area contributed by atoms with Crippen LogP contribution in [0.15, 0.2) is 54.6 Å². The van der Waals surface area contributed by atoms with Gasteiger partial charge < -0.3 is 14.4 Å². The summed E-state index contributed by atoms with van der Waals surface area (Å²) in [6, 6.07) is 16.9. The van der Waals surface area contributed by atoms with Gasteiger partial charge in [-0.2, -0.15) is 0 Å². The van der Waals surface area contributed by atoms with Crippen LogP contribution in [0.25, 0.3) is 0 Å². The van der Waals surface area contributed by atoms with Crippen LogP contribution in [0.4, 0.5) is 0 Å². The van der Waals surface area contributed by atoms with Crippen molar-refractivity contribution in [2.75, 3.05) is 27.2 Å². The van der Waals surface area contributed by atoms with E-state index >= 15 is 0 Å². The Morgan fingerprint density at radius 2 is 1.67 bits per heavy atom. The monoisotopic (exact) mass is 349 g/mol. The van der Waals surface area contributed by atoms with E-state index < -0.39 is 0 Å². The van der Waals surface area contributed by atoms with Gasteiger partial charge >= 0.3 is 5.97 Å². The number of benzene rings is 2. The largest absolute Gasteiger partial charge is 0.493 e. The number of hydrogen-bond donors (Lipinski definition) is 0. The lowest BCUT2D eigenvalue weighted by atomic mass is 10.1. The molecule has 0 aliphatic rings. The highest BCUT2D eigenvalue weighted by Crippen LogP contribution is 2.24. The fourth-order valence-corrected chi connectivity index (χ4v) is 2.32.